The van der Waals surface area contributed by atoms with Gasteiger partial charge in [-0.3, -0.25) is 4.79 Å². The van der Waals surface area contributed by atoms with E-state index >= 15 is 0 Å². The number of nitrogens with zero attached hydrogens (tertiary/aromatic N) is 2. The summed E-state index contributed by atoms with van der Waals surface area (Å²) in [5.41, 5.74) is 0.291. The zero-order valence-electron chi connectivity index (χ0n) is 12.6. The average molecular weight is 336 g/mol. The second-order valence-electron chi connectivity index (χ2n) is 5.71. The van der Waals surface area contributed by atoms with Crippen molar-refractivity contribution in [1.82, 2.24) is 10.1 Å². The number of aromatic hydroxyl groups is 1. The van der Waals surface area contributed by atoms with Gasteiger partial charge >= 0.3 is 0 Å². The molecule has 1 amide bonds. The first-order valence-electron chi connectivity index (χ1n) is 7.73. The average Bonchev–Trinajstić information content (AvgIpc) is 3.20. The summed E-state index contributed by atoms with van der Waals surface area (Å²) >= 11 is 5.80. The third-order valence-electron chi connectivity index (χ3n) is 4.03. The molecule has 0 spiro atoms. The summed E-state index contributed by atoms with van der Waals surface area (Å²) in [5.74, 6) is 1.24. The number of hydrogen-bond donors (Lipinski definition) is 2. The summed E-state index contributed by atoms with van der Waals surface area (Å²) in [6.45, 7) is 0. The Morgan fingerprint density at radius 3 is 2.96 bits per heavy atom. The number of anilines is 1. The van der Waals surface area contributed by atoms with Gasteiger partial charge in [0.1, 0.15) is 0 Å². The van der Waals surface area contributed by atoms with E-state index in [1.807, 2.05) is 0 Å². The van der Waals surface area contributed by atoms with Gasteiger partial charge in [0.15, 0.2) is 11.6 Å². The summed E-state index contributed by atoms with van der Waals surface area (Å²) in [6.07, 6.45) is 5.19. The van der Waals surface area contributed by atoms with Crippen molar-refractivity contribution in [2.24, 2.45) is 0 Å². The number of carbonyl (C=O) groups excluding carboxylic acids is 1. The van der Waals surface area contributed by atoms with Gasteiger partial charge in [-0.1, -0.05) is 35.7 Å². The minimum Gasteiger partial charge on any atom is -0.504 e. The zero-order valence-corrected chi connectivity index (χ0v) is 13.3. The van der Waals surface area contributed by atoms with Crippen molar-refractivity contribution in [2.45, 2.75) is 44.4 Å². The number of para-hydroxylation sites is 1. The SMILES string of the molecule is O=C(CCc1nc(C2CCCC2)no1)Nc1cccc(Cl)c1O. The van der Waals surface area contributed by atoms with Gasteiger partial charge in [-0.05, 0) is 25.0 Å². The number of hydrogen-bond acceptors (Lipinski definition) is 5. The largest absolute Gasteiger partial charge is 0.504 e. The van der Waals surface area contributed by atoms with Crippen LogP contribution >= 0.6 is 11.6 Å². The summed E-state index contributed by atoms with van der Waals surface area (Å²) in [6, 6.07) is 4.79. The Kier molecular flexibility index (Phi) is 4.81. The number of halogens is 1. The third-order valence-corrected chi connectivity index (χ3v) is 4.34. The van der Waals surface area contributed by atoms with Crippen molar-refractivity contribution < 1.29 is 14.4 Å². The Labute approximate surface area is 138 Å². The number of rotatable bonds is 5. The highest BCUT2D eigenvalue weighted by atomic mass is 35.5. The maximum atomic E-state index is 12.0. The number of amides is 1. The molecule has 0 bridgehead atoms. The van der Waals surface area contributed by atoms with Crippen LogP contribution in [0.3, 0.4) is 0 Å². The monoisotopic (exact) mass is 335 g/mol. The molecule has 0 aliphatic heterocycles. The van der Waals surface area contributed by atoms with Gasteiger partial charge in [0.2, 0.25) is 11.8 Å². The number of aryl methyl sites for hydroxylation is 1. The van der Waals surface area contributed by atoms with E-state index in [1.54, 1.807) is 18.2 Å². The van der Waals surface area contributed by atoms with Crippen LogP contribution in [-0.2, 0) is 11.2 Å². The first-order valence-corrected chi connectivity index (χ1v) is 8.11. The van der Waals surface area contributed by atoms with E-state index < -0.39 is 0 Å². The molecule has 1 saturated carbocycles. The van der Waals surface area contributed by atoms with E-state index in [2.05, 4.69) is 15.5 Å². The molecule has 1 aliphatic rings. The second kappa shape index (κ2) is 7.00. The molecule has 0 saturated heterocycles. The molecule has 0 radical (unpaired) electrons. The molecular weight excluding hydrogens is 318 g/mol. The van der Waals surface area contributed by atoms with Gasteiger partial charge in [-0.25, -0.2) is 0 Å². The van der Waals surface area contributed by atoms with Crippen LogP contribution < -0.4 is 5.32 Å². The first-order chi connectivity index (χ1) is 11.1. The Morgan fingerprint density at radius 1 is 1.39 bits per heavy atom. The molecule has 1 heterocycles. The van der Waals surface area contributed by atoms with Crippen LogP contribution in [0.2, 0.25) is 5.02 Å². The first kappa shape index (κ1) is 15.8. The number of phenolic OH excluding ortho intramolecular Hbond substituents is 1. The second-order valence-corrected chi connectivity index (χ2v) is 6.12. The highest BCUT2D eigenvalue weighted by Crippen LogP contribution is 2.32. The van der Waals surface area contributed by atoms with Crippen molar-refractivity contribution in [1.29, 1.82) is 0 Å². The molecular formula is C16H18ClN3O3. The van der Waals surface area contributed by atoms with Crippen LogP contribution in [0.1, 0.15) is 49.7 Å². The molecule has 1 aromatic heterocycles. The van der Waals surface area contributed by atoms with Crippen LogP contribution in [0.5, 0.6) is 5.75 Å². The van der Waals surface area contributed by atoms with E-state index in [9.17, 15) is 9.90 Å². The van der Waals surface area contributed by atoms with E-state index in [4.69, 9.17) is 16.1 Å². The van der Waals surface area contributed by atoms with Crippen molar-refractivity contribution in [3.05, 3.63) is 34.9 Å². The molecule has 0 atom stereocenters. The number of carbonyl (C=O) groups is 1. The lowest BCUT2D eigenvalue weighted by Gasteiger charge is -2.07. The minimum atomic E-state index is -0.247. The van der Waals surface area contributed by atoms with Crippen LogP contribution in [0.25, 0.3) is 0 Å². The van der Waals surface area contributed by atoms with Gasteiger partial charge in [-0.15, -0.1) is 0 Å². The van der Waals surface area contributed by atoms with Crippen LogP contribution in [0.15, 0.2) is 22.7 Å². The fourth-order valence-corrected chi connectivity index (χ4v) is 2.94. The zero-order chi connectivity index (χ0) is 16.2. The smallest absolute Gasteiger partial charge is 0.227 e. The Morgan fingerprint density at radius 2 is 2.17 bits per heavy atom. The maximum absolute atomic E-state index is 12.0. The maximum Gasteiger partial charge on any atom is 0.227 e. The highest BCUT2D eigenvalue weighted by Gasteiger charge is 2.22. The molecule has 0 unspecified atom stereocenters. The predicted molar refractivity (Wildman–Crippen MR) is 85.6 cm³/mol. The highest BCUT2D eigenvalue weighted by molar-refractivity contribution is 6.32. The summed E-state index contributed by atoms with van der Waals surface area (Å²) in [5, 5.41) is 16.6. The Bertz CT molecular complexity index is 696. The van der Waals surface area contributed by atoms with Crippen LogP contribution in [0.4, 0.5) is 5.69 Å². The van der Waals surface area contributed by atoms with E-state index in [-0.39, 0.29) is 23.1 Å². The van der Waals surface area contributed by atoms with E-state index in [0.717, 1.165) is 18.7 Å². The molecule has 23 heavy (non-hydrogen) atoms. The number of nitrogens with one attached hydrogen (secondary N) is 1. The topological polar surface area (TPSA) is 88.2 Å². The molecule has 3 rings (SSSR count). The summed E-state index contributed by atoms with van der Waals surface area (Å²) < 4.78 is 5.21. The van der Waals surface area contributed by atoms with Gasteiger partial charge in [0, 0.05) is 18.8 Å². The van der Waals surface area contributed by atoms with Crippen molar-refractivity contribution in [3.8, 4) is 5.75 Å². The standard InChI is InChI=1S/C16H18ClN3O3/c17-11-6-3-7-12(15(11)22)18-13(21)8-9-14-19-16(20-23-14)10-4-1-2-5-10/h3,6-7,10,22H,1-2,4-5,8-9H2,(H,18,21). The Balaban J connectivity index is 1.53. The fraction of sp³-hybridized carbons (Fsp3) is 0.438. The molecule has 1 aromatic carbocycles. The fourth-order valence-electron chi connectivity index (χ4n) is 2.77. The molecule has 6 nitrogen and oxygen atoms in total. The molecule has 1 aliphatic carbocycles. The lowest BCUT2D eigenvalue weighted by atomic mass is 10.1. The molecule has 2 aromatic rings. The van der Waals surface area contributed by atoms with Gasteiger partial charge in [0.25, 0.3) is 0 Å². The lowest BCUT2D eigenvalue weighted by molar-refractivity contribution is -0.116. The van der Waals surface area contributed by atoms with E-state index in [0.29, 0.717) is 23.9 Å². The summed E-state index contributed by atoms with van der Waals surface area (Å²) in [7, 11) is 0. The minimum absolute atomic E-state index is 0.135. The molecule has 2 N–H and O–H groups in total. The number of phenols is 1. The normalized spacial score (nSPS) is 15.0. The Hall–Kier alpha value is -2.08. The van der Waals surface area contributed by atoms with Gasteiger partial charge in [-0.2, -0.15) is 4.98 Å². The van der Waals surface area contributed by atoms with E-state index in [1.165, 1.54) is 12.8 Å². The molecule has 7 heteroatoms. The van der Waals surface area contributed by atoms with Crippen molar-refractivity contribution >= 4 is 23.2 Å². The summed E-state index contributed by atoms with van der Waals surface area (Å²) in [4.78, 5) is 16.3. The van der Waals surface area contributed by atoms with Crippen molar-refractivity contribution in [3.63, 3.8) is 0 Å². The number of benzene rings is 1. The third kappa shape index (κ3) is 3.82. The molecule has 122 valence electrons. The predicted octanol–water partition coefficient (Wildman–Crippen LogP) is 3.66. The quantitative estimate of drug-likeness (QED) is 0.814. The van der Waals surface area contributed by atoms with Gasteiger partial charge in [0.05, 0.1) is 10.7 Å². The molecule has 1 fully saturated rings. The van der Waals surface area contributed by atoms with Crippen LogP contribution in [-0.4, -0.2) is 21.2 Å². The van der Waals surface area contributed by atoms with Gasteiger partial charge < -0.3 is 14.9 Å². The number of aromatic nitrogens is 2. The van der Waals surface area contributed by atoms with Crippen molar-refractivity contribution in [2.75, 3.05) is 5.32 Å². The lowest BCUT2D eigenvalue weighted by Crippen LogP contribution is -2.12. The van der Waals surface area contributed by atoms with Crippen LogP contribution in [0, 0.1) is 0 Å².